The van der Waals surface area contributed by atoms with Crippen molar-refractivity contribution in [1.82, 2.24) is 19.9 Å². The normalized spacial score (nSPS) is 16.6. The molecular weight excluding hydrogens is 483 g/mol. The van der Waals surface area contributed by atoms with Crippen molar-refractivity contribution in [2.75, 3.05) is 32.2 Å². The highest BCUT2D eigenvalue weighted by Crippen LogP contribution is 2.40. The first-order chi connectivity index (χ1) is 17.5. The van der Waals surface area contributed by atoms with Crippen LogP contribution in [0.15, 0.2) is 30.6 Å². The van der Waals surface area contributed by atoms with Gasteiger partial charge in [-0.05, 0) is 50.8 Å². The van der Waals surface area contributed by atoms with Crippen molar-refractivity contribution in [1.29, 1.82) is 0 Å². The number of pyridine rings is 1. The molecule has 7 nitrogen and oxygen atoms in total. The second-order valence-corrected chi connectivity index (χ2v) is 9.70. The molecule has 1 aliphatic rings. The number of amides is 1. The van der Waals surface area contributed by atoms with Crippen LogP contribution >= 0.6 is 0 Å². The Labute approximate surface area is 214 Å². The van der Waals surface area contributed by atoms with Crippen LogP contribution in [0.2, 0.25) is 0 Å². The van der Waals surface area contributed by atoms with Crippen LogP contribution < -0.4 is 5.32 Å². The van der Waals surface area contributed by atoms with E-state index < -0.39 is 24.1 Å². The van der Waals surface area contributed by atoms with Crippen LogP contribution in [-0.2, 0) is 21.1 Å². The molecule has 1 amide bonds. The summed E-state index contributed by atoms with van der Waals surface area (Å²) in [5, 5.41) is 4.03. The van der Waals surface area contributed by atoms with E-state index in [9.17, 15) is 18.0 Å². The fourth-order valence-corrected chi connectivity index (χ4v) is 5.32. The second-order valence-electron chi connectivity index (χ2n) is 9.70. The fraction of sp³-hybridized carbons (Fsp3) is 0.481. The highest BCUT2D eigenvalue weighted by atomic mass is 19.3. The standard InChI is InChI=1S/C27H32F3N5O2/c1-16-19(7-6-8-21(16)26(4,29)30)17(2)33-24-20-13-22(18(3)34-25(20)32-15-31-24)27(37-5)9-11-35(12-10-27)23(36)14-28/h6-8,13,15,17H,9-12,14H2,1-5H3,(H,31,32,33,34)/t17-/m1/s1. The SMILES string of the molecule is COC1(c2cc3c(N[C@H](C)c4cccc(C(C)(F)F)c4C)ncnc3nc2C)CCN(C(=O)CF)CC1. The largest absolute Gasteiger partial charge is 0.373 e. The summed E-state index contributed by atoms with van der Waals surface area (Å²) < 4.78 is 47.1. The topological polar surface area (TPSA) is 80.2 Å². The van der Waals surface area contributed by atoms with Gasteiger partial charge in [-0.1, -0.05) is 18.2 Å². The lowest BCUT2D eigenvalue weighted by Crippen LogP contribution is -2.47. The van der Waals surface area contributed by atoms with Gasteiger partial charge in [-0.3, -0.25) is 4.79 Å². The number of piperidine rings is 1. The zero-order valence-electron chi connectivity index (χ0n) is 21.7. The molecule has 0 saturated carbocycles. The van der Waals surface area contributed by atoms with Crippen molar-refractivity contribution in [2.45, 2.75) is 58.1 Å². The van der Waals surface area contributed by atoms with Gasteiger partial charge in [0.25, 0.3) is 11.8 Å². The minimum atomic E-state index is -2.95. The van der Waals surface area contributed by atoms with Gasteiger partial charge in [-0.15, -0.1) is 0 Å². The van der Waals surface area contributed by atoms with Crippen LogP contribution in [0.5, 0.6) is 0 Å². The minimum Gasteiger partial charge on any atom is -0.373 e. The van der Waals surface area contributed by atoms with Gasteiger partial charge in [0, 0.05) is 43.9 Å². The Kier molecular flexibility index (Phi) is 7.41. The van der Waals surface area contributed by atoms with Gasteiger partial charge >= 0.3 is 0 Å². The van der Waals surface area contributed by atoms with E-state index in [-0.39, 0.29) is 11.6 Å². The fourth-order valence-electron chi connectivity index (χ4n) is 5.32. The monoisotopic (exact) mass is 515 g/mol. The maximum Gasteiger partial charge on any atom is 0.270 e. The molecule has 1 aliphatic heterocycles. The highest BCUT2D eigenvalue weighted by molar-refractivity contribution is 5.87. The highest BCUT2D eigenvalue weighted by Gasteiger charge is 2.39. The number of likely N-dealkylation sites (tertiary alicyclic amines) is 1. The Hall–Kier alpha value is -3.27. The number of aromatic nitrogens is 3. The third-order valence-corrected chi connectivity index (χ3v) is 7.40. The van der Waals surface area contributed by atoms with Crippen LogP contribution in [-0.4, -0.2) is 52.6 Å². The third kappa shape index (κ3) is 5.12. The summed E-state index contributed by atoms with van der Waals surface area (Å²) in [4.78, 5) is 26.8. The smallest absolute Gasteiger partial charge is 0.270 e. The predicted molar refractivity (Wildman–Crippen MR) is 135 cm³/mol. The Morgan fingerprint density at radius 2 is 1.95 bits per heavy atom. The number of rotatable bonds is 7. The van der Waals surface area contributed by atoms with E-state index in [1.807, 2.05) is 26.0 Å². The Balaban J connectivity index is 1.70. The zero-order valence-corrected chi connectivity index (χ0v) is 21.7. The van der Waals surface area contributed by atoms with E-state index in [1.54, 1.807) is 20.1 Å². The van der Waals surface area contributed by atoms with E-state index >= 15 is 0 Å². The van der Waals surface area contributed by atoms with Crippen LogP contribution in [0.1, 0.15) is 60.7 Å². The second kappa shape index (κ2) is 10.2. The molecule has 4 rings (SSSR count). The van der Waals surface area contributed by atoms with Crippen LogP contribution in [0.25, 0.3) is 11.0 Å². The molecule has 0 unspecified atom stereocenters. The average Bonchev–Trinajstić information content (AvgIpc) is 2.87. The molecule has 0 aliphatic carbocycles. The summed E-state index contributed by atoms with van der Waals surface area (Å²) in [6.07, 6.45) is 2.40. The number of benzene rings is 1. The van der Waals surface area contributed by atoms with Gasteiger partial charge < -0.3 is 15.0 Å². The van der Waals surface area contributed by atoms with E-state index in [0.717, 1.165) is 23.7 Å². The summed E-state index contributed by atoms with van der Waals surface area (Å²) in [6.45, 7) is 6.10. The molecule has 1 aromatic carbocycles. The number of nitrogens with one attached hydrogen (secondary N) is 1. The molecule has 198 valence electrons. The molecule has 2 aromatic heterocycles. The number of carbonyl (C=O) groups excluding carboxylic acids is 1. The van der Waals surface area contributed by atoms with E-state index in [4.69, 9.17) is 9.72 Å². The number of alkyl halides is 3. The molecule has 0 bridgehead atoms. The van der Waals surface area contributed by atoms with Crippen molar-refractivity contribution in [2.24, 2.45) is 0 Å². The van der Waals surface area contributed by atoms with Crippen LogP contribution in [0.4, 0.5) is 19.0 Å². The number of nitrogens with zero attached hydrogens (tertiary/aromatic N) is 4. The first-order valence-electron chi connectivity index (χ1n) is 12.3. The van der Waals surface area contributed by atoms with Crippen LogP contribution in [0, 0.1) is 13.8 Å². The number of ether oxygens (including phenoxy) is 1. The maximum atomic E-state index is 14.1. The van der Waals surface area contributed by atoms with Gasteiger partial charge in [0.1, 0.15) is 12.1 Å². The number of fused-ring (bicyclic) bond motifs is 1. The van der Waals surface area contributed by atoms with E-state index in [0.29, 0.717) is 48.3 Å². The molecule has 0 radical (unpaired) electrons. The van der Waals surface area contributed by atoms with Gasteiger partial charge in [0.2, 0.25) is 0 Å². The van der Waals surface area contributed by atoms with Crippen molar-refractivity contribution in [3.8, 4) is 0 Å². The van der Waals surface area contributed by atoms with Gasteiger partial charge in [-0.2, -0.15) is 0 Å². The molecule has 1 N–H and O–H groups in total. The lowest BCUT2D eigenvalue weighted by molar-refractivity contribution is -0.138. The maximum absolute atomic E-state index is 14.1. The van der Waals surface area contributed by atoms with E-state index in [2.05, 4.69) is 15.3 Å². The number of anilines is 1. The molecule has 3 aromatic rings. The third-order valence-electron chi connectivity index (χ3n) is 7.40. The van der Waals surface area contributed by atoms with E-state index in [1.165, 1.54) is 17.3 Å². The number of hydrogen-bond donors (Lipinski definition) is 1. The molecule has 1 atom stereocenters. The summed E-state index contributed by atoms with van der Waals surface area (Å²) in [5.41, 5.74) is 2.64. The van der Waals surface area contributed by atoms with Crippen molar-refractivity contribution >= 4 is 22.8 Å². The van der Waals surface area contributed by atoms with Gasteiger partial charge in [-0.25, -0.2) is 28.1 Å². The number of carbonyl (C=O) groups is 1. The first-order valence-corrected chi connectivity index (χ1v) is 12.3. The Morgan fingerprint density at radius 1 is 1.24 bits per heavy atom. The molecular formula is C27H32F3N5O2. The molecule has 3 heterocycles. The Bertz CT molecular complexity index is 1300. The van der Waals surface area contributed by atoms with Crippen molar-refractivity contribution in [3.05, 3.63) is 58.5 Å². The number of hydrogen-bond acceptors (Lipinski definition) is 6. The average molecular weight is 516 g/mol. The Morgan fingerprint density at radius 3 is 2.57 bits per heavy atom. The van der Waals surface area contributed by atoms with Gasteiger partial charge in [0.05, 0.1) is 17.0 Å². The quantitative estimate of drug-likeness (QED) is 0.456. The van der Waals surface area contributed by atoms with Gasteiger partial charge in [0.15, 0.2) is 12.3 Å². The molecule has 37 heavy (non-hydrogen) atoms. The summed E-state index contributed by atoms with van der Waals surface area (Å²) in [5.74, 6) is -2.95. The lowest BCUT2D eigenvalue weighted by atomic mass is 9.82. The number of methoxy groups -OCH3 is 1. The summed E-state index contributed by atoms with van der Waals surface area (Å²) >= 11 is 0. The molecule has 1 saturated heterocycles. The van der Waals surface area contributed by atoms with Crippen molar-refractivity contribution in [3.63, 3.8) is 0 Å². The molecule has 0 spiro atoms. The van der Waals surface area contributed by atoms with Crippen molar-refractivity contribution < 1.29 is 22.7 Å². The summed E-state index contributed by atoms with van der Waals surface area (Å²) in [7, 11) is 1.62. The molecule has 10 heteroatoms. The lowest BCUT2D eigenvalue weighted by Gasteiger charge is -2.41. The number of halogens is 3. The zero-order chi connectivity index (χ0) is 27.0. The predicted octanol–water partition coefficient (Wildman–Crippen LogP) is 5.36. The summed E-state index contributed by atoms with van der Waals surface area (Å²) in [6, 6.07) is 6.53. The first kappa shape index (κ1) is 26.8. The van der Waals surface area contributed by atoms with Crippen LogP contribution in [0.3, 0.4) is 0 Å². The minimum absolute atomic E-state index is 0.00889. The molecule has 1 fully saturated rings. The number of aryl methyl sites for hydroxylation is 1.